The van der Waals surface area contributed by atoms with Crippen molar-refractivity contribution in [1.82, 2.24) is 10.3 Å². The molecule has 4 rings (SSSR count). The van der Waals surface area contributed by atoms with E-state index in [0.717, 1.165) is 15.6 Å². The van der Waals surface area contributed by atoms with Gasteiger partial charge >= 0.3 is 6.09 Å². The number of amides is 1. The lowest BCUT2D eigenvalue weighted by molar-refractivity contribution is 0.144. The third-order valence-electron chi connectivity index (χ3n) is 4.77. The van der Waals surface area contributed by atoms with Gasteiger partial charge in [0.15, 0.2) is 0 Å². The van der Waals surface area contributed by atoms with Crippen molar-refractivity contribution < 1.29 is 9.53 Å². The number of fused-ring (bicyclic) bond motifs is 3. The third kappa shape index (κ3) is 3.64. The Bertz CT molecular complexity index is 1050. The van der Waals surface area contributed by atoms with Gasteiger partial charge in [-0.25, -0.2) is 9.78 Å². The molecule has 0 spiro atoms. The Morgan fingerprint density at radius 2 is 1.75 bits per heavy atom. The van der Waals surface area contributed by atoms with Gasteiger partial charge in [-0.15, -0.1) is 11.3 Å². The van der Waals surface area contributed by atoms with Crippen LogP contribution in [-0.4, -0.2) is 24.2 Å². The van der Waals surface area contributed by atoms with Gasteiger partial charge in [0.05, 0.1) is 22.1 Å². The van der Waals surface area contributed by atoms with Crippen molar-refractivity contribution in [1.29, 1.82) is 0 Å². The molecule has 0 fully saturated rings. The van der Waals surface area contributed by atoms with Crippen molar-refractivity contribution in [2.45, 2.75) is 19.8 Å². The van der Waals surface area contributed by atoms with Crippen LogP contribution < -0.4 is 5.32 Å². The summed E-state index contributed by atoms with van der Waals surface area (Å²) in [6.07, 6.45) is -0.451. The number of aromatic nitrogens is 1. The lowest BCUT2D eigenvalue weighted by Gasteiger charge is -2.14. The van der Waals surface area contributed by atoms with E-state index in [-0.39, 0.29) is 12.5 Å². The topological polar surface area (TPSA) is 51.2 Å². The van der Waals surface area contributed by atoms with E-state index in [1.807, 2.05) is 38.1 Å². The molecule has 0 unspecified atom stereocenters. The molecule has 0 radical (unpaired) electrons. The van der Waals surface area contributed by atoms with Crippen molar-refractivity contribution in [3.05, 3.63) is 75.2 Å². The molecule has 0 saturated heterocycles. The third-order valence-corrected chi connectivity index (χ3v) is 5.76. The summed E-state index contributed by atoms with van der Waals surface area (Å²) in [6.45, 7) is 4.44. The van der Waals surface area contributed by atoms with Crippen LogP contribution >= 0.6 is 11.3 Å². The first-order valence-electron chi connectivity index (χ1n) is 9.15. The summed E-state index contributed by atoms with van der Waals surface area (Å²) in [5, 5.41) is 3.69. The predicted octanol–water partition coefficient (Wildman–Crippen LogP) is 4.65. The van der Waals surface area contributed by atoms with E-state index in [9.17, 15) is 4.79 Å². The highest BCUT2D eigenvalue weighted by Gasteiger charge is 2.28. The van der Waals surface area contributed by atoms with Crippen LogP contribution in [0, 0.1) is 25.7 Å². The summed E-state index contributed by atoms with van der Waals surface area (Å²) in [7, 11) is 0. The number of benzene rings is 2. The molecule has 2 aromatic carbocycles. The molecule has 140 valence electrons. The van der Waals surface area contributed by atoms with E-state index in [4.69, 9.17) is 4.74 Å². The number of nitrogens with one attached hydrogen (secondary N) is 1. The van der Waals surface area contributed by atoms with Crippen molar-refractivity contribution in [2.24, 2.45) is 0 Å². The first-order chi connectivity index (χ1) is 13.6. The largest absolute Gasteiger partial charge is 0.449 e. The van der Waals surface area contributed by atoms with Gasteiger partial charge in [-0.05, 0) is 36.1 Å². The van der Waals surface area contributed by atoms with Crippen LogP contribution in [0.4, 0.5) is 4.79 Å². The summed E-state index contributed by atoms with van der Waals surface area (Å²) in [5.41, 5.74) is 5.76. The molecule has 4 nitrogen and oxygen atoms in total. The van der Waals surface area contributed by atoms with E-state index < -0.39 is 6.09 Å². The minimum absolute atomic E-state index is 0.0621. The van der Waals surface area contributed by atoms with Crippen LogP contribution in [-0.2, 0) is 4.74 Å². The first kappa shape index (κ1) is 18.3. The summed E-state index contributed by atoms with van der Waals surface area (Å²) in [5.74, 6) is 6.06. The van der Waals surface area contributed by atoms with Crippen LogP contribution in [0.15, 0.2) is 48.5 Å². The van der Waals surface area contributed by atoms with E-state index in [0.29, 0.717) is 6.61 Å². The Balaban J connectivity index is 1.36. The van der Waals surface area contributed by atoms with Crippen LogP contribution in [0.2, 0.25) is 0 Å². The second-order valence-electron chi connectivity index (χ2n) is 6.63. The molecule has 1 N–H and O–H groups in total. The molecule has 1 aliphatic carbocycles. The first-order valence-corrected chi connectivity index (χ1v) is 9.97. The van der Waals surface area contributed by atoms with E-state index >= 15 is 0 Å². The highest BCUT2D eigenvalue weighted by atomic mass is 32.1. The molecule has 0 bridgehead atoms. The average Bonchev–Trinajstić information content (AvgIpc) is 3.20. The van der Waals surface area contributed by atoms with Gasteiger partial charge in [0.25, 0.3) is 0 Å². The minimum atomic E-state index is -0.451. The molecule has 1 heterocycles. The zero-order valence-corrected chi connectivity index (χ0v) is 16.6. The van der Waals surface area contributed by atoms with Crippen molar-refractivity contribution in [3.8, 4) is 23.0 Å². The van der Waals surface area contributed by atoms with Crippen LogP contribution in [0.5, 0.6) is 0 Å². The Morgan fingerprint density at radius 1 is 1.11 bits per heavy atom. The Kier molecular flexibility index (Phi) is 5.14. The molecule has 5 heteroatoms. The van der Waals surface area contributed by atoms with Crippen molar-refractivity contribution >= 4 is 17.4 Å². The number of carbonyl (C=O) groups is 1. The minimum Gasteiger partial charge on any atom is -0.449 e. The highest BCUT2D eigenvalue weighted by Crippen LogP contribution is 2.44. The SMILES string of the molecule is Cc1nc(C)c(C#CCNC(=O)OCC2c3ccccc3-c3ccccc32)s1. The number of ether oxygens (including phenoxy) is 1. The van der Waals surface area contributed by atoms with Crippen LogP contribution in [0.3, 0.4) is 0 Å². The molecule has 1 amide bonds. The number of alkyl carbamates (subject to hydrolysis) is 1. The van der Waals surface area contributed by atoms with Gasteiger partial charge in [-0.1, -0.05) is 60.4 Å². The summed E-state index contributed by atoms with van der Waals surface area (Å²) in [6, 6.07) is 16.6. The number of nitrogens with zero attached hydrogens (tertiary/aromatic N) is 1. The van der Waals surface area contributed by atoms with Gasteiger partial charge in [-0.2, -0.15) is 0 Å². The molecule has 0 atom stereocenters. The molecule has 1 aliphatic rings. The summed E-state index contributed by atoms with van der Waals surface area (Å²) in [4.78, 5) is 17.4. The Labute approximate surface area is 168 Å². The summed E-state index contributed by atoms with van der Waals surface area (Å²) >= 11 is 1.56. The maximum atomic E-state index is 12.1. The number of hydrogen-bond acceptors (Lipinski definition) is 4. The van der Waals surface area contributed by atoms with Gasteiger partial charge in [0.2, 0.25) is 0 Å². The number of aryl methyl sites for hydroxylation is 2. The highest BCUT2D eigenvalue weighted by molar-refractivity contribution is 7.12. The standard InChI is InChI=1S/C23H20N2O2S/c1-15-22(28-16(2)25-15)12-7-13-24-23(26)27-14-21-19-10-5-3-8-17(19)18-9-4-6-11-20(18)21/h3-6,8-11,21H,13-14H2,1-2H3,(H,24,26). The van der Waals surface area contributed by atoms with E-state index in [2.05, 4.69) is 46.4 Å². The smallest absolute Gasteiger partial charge is 0.407 e. The Hall–Kier alpha value is -3.10. The van der Waals surface area contributed by atoms with Crippen LogP contribution in [0.25, 0.3) is 11.1 Å². The molecule has 0 saturated carbocycles. The van der Waals surface area contributed by atoms with Crippen LogP contribution in [0.1, 0.15) is 32.6 Å². The van der Waals surface area contributed by atoms with Gasteiger partial charge in [0, 0.05) is 5.92 Å². The molecule has 3 aromatic rings. The fraction of sp³-hybridized carbons (Fsp3) is 0.217. The molecular weight excluding hydrogens is 368 g/mol. The zero-order valence-electron chi connectivity index (χ0n) is 15.8. The fourth-order valence-electron chi connectivity index (χ4n) is 3.54. The quantitative estimate of drug-likeness (QED) is 0.665. The molecule has 28 heavy (non-hydrogen) atoms. The van der Waals surface area contributed by atoms with E-state index in [1.165, 1.54) is 22.3 Å². The normalized spacial score (nSPS) is 11.9. The number of rotatable bonds is 3. The van der Waals surface area contributed by atoms with Gasteiger partial charge < -0.3 is 10.1 Å². The average molecular weight is 388 g/mol. The van der Waals surface area contributed by atoms with Gasteiger partial charge in [0.1, 0.15) is 6.61 Å². The summed E-state index contributed by atoms with van der Waals surface area (Å²) < 4.78 is 5.49. The monoisotopic (exact) mass is 388 g/mol. The maximum absolute atomic E-state index is 12.1. The second kappa shape index (κ2) is 7.87. The van der Waals surface area contributed by atoms with Crippen molar-refractivity contribution in [3.63, 3.8) is 0 Å². The second-order valence-corrected chi connectivity index (χ2v) is 7.83. The number of thiazole rings is 1. The number of hydrogen-bond donors (Lipinski definition) is 1. The maximum Gasteiger partial charge on any atom is 0.407 e. The lowest BCUT2D eigenvalue weighted by Crippen LogP contribution is -2.26. The van der Waals surface area contributed by atoms with Crippen molar-refractivity contribution in [2.75, 3.05) is 13.2 Å². The molecular formula is C23H20N2O2S. The number of carbonyl (C=O) groups excluding carboxylic acids is 1. The lowest BCUT2D eigenvalue weighted by atomic mass is 9.98. The fourth-order valence-corrected chi connectivity index (χ4v) is 4.33. The predicted molar refractivity (Wildman–Crippen MR) is 112 cm³/mol. The van der Waals surface area contributed by atoms with E-state index in [1.54, 1.807) is 11.3 Å². The molecule has 1 aromatic heterocycles. The molecule has 0 aliphatic heterocycles. The van der Waals surface area contributed by atoms with Gasteiger partial charge in [-0.3, -0.25) is 0 Å². The Morgan fingerprint density at radius 3 is 2.36 bits per heavy atom. The zero-order chi connectivity index (χ0) is 19.5.